The van der Waals surface area contributed by atoms with Gasteiger partial charge >= 0.3 is 5.97 Å². The van der Waals surface area contributed by atoms with Gasteiger partial charge in [-0.2, -0.15) is 0 Å². The van der Waals surface area contributed by atoms with Crippen molar-refractivity contribution in [1.82, 2.24) is 0 Å². The number of carboxylic acid groups (broad SMARTS) is 1. The normalized spacial score (nSPS) is 18.8. The Balaban J connectivity index is 0.000000810. The highest BCUT2D eigenvalue weighted by molar-refractivity contribution is 5.85. The number of halogens is 1. The van der Waals surface area contributed by atoms with Crippen molar-refractivity contribution in [2.45, 2.75) is 12.8 Å². The Bertz CT molecular complexity index is 159. The molecular formula is C6H10ClNO2. The molecular weight excluding hydrogens is 154 g/mol. The monoisotopic (exact) mass is 163 g/mol. The molecule has 0 saturated heterocycles. The van der Waals surface area contributed by atoms with E-state index >= 15 is 0 Å². The smallest absolute Gasteiger partial charge is 0.315 e. The van der Waals surface area contributed by atoms with E-state index in [9.17, 15) is 4.79 Å². The molecule has 3 N–H and O–H groups in total. The highest BCUT2D eigenvalue weighted by atomic mass is 35.5. The molecule has 0 aromatic rings. The lowest BCUT2D eigenvalue weighted by molar-refractivity contribution is -0.141. The van der Waals surface area contributed by atoms with Crippen LogP contribution in [0.15, 0.2) is 12.3 Å². The van der Waals surface area contributed by atoms with Crippen molar-refractivity contribution in [2.24, 2.45) is 11.1 Å². The second-order valence-corrected chi connectivity index (χ2v) is 2.41. The number of rotatable bonds is 2. The van der Waals surface area contributed by atoms with Gasteiger partial charge in [0.25, 0.3) is 0 Å². The van der Waals surface area contributed by atoms with Crippen LogP contribution in [0, 0.1) is 5.41 Å². The fourth-order valence-electron chi connectivity index (χ4n) is 0.797. The zero-order valence-corrected chi connectivity index (χ0v) is 6.28. The van der Waals surface area contributed by atoms with Crippen LogP contribution in [0.2, 0.25) is 0 Å². The van der Waals surface area contributed by atoms with E-state index in [4.69, 9.17) is 10.8 Å². The topological polar surface area (TPSA) is 63.3 Å². The van der Waals surface area contributed by atoms with E-state index in [1.165, 1.54) is 0 Å². The fraction of sp³-hybridized carbons (Fsp3) is 0.500. The molecule has 1 aliphatic rings. The molecule has 0 bridgehead atoms. The third-order valence-corrected chi connectivity index (χ3v) is 1.77. The quantitative estimate of drug-likeness (QED) is 0.632. The van der Waals surface area contributed by atoms with E-state index in [2.05, 4.69) is 6.58 Å². The molecule has 58 valence electrons. The van der Waals surface area contributed by atoms with Crippen molar-refractivity contribution < 1.29 is 9.90 Å². The molecule has 0 amide bonds. The minimum Gasteiger partial charge on any atom is -0.481 e. The first-order valence-electron chi connectivity index (χ1n) is 2.78. The summed E-state index contributed by atoms with van der Waals surface area (Å²) in [4.78, 5) is 10.4. The van der Waals surface area contributed by atoms with E-state index in [0.29, 0.717) is 12.8 Å². The summed E-state index contributed by atoms with van der Waals surface area (Å²) in [7, 11) is 0. The van der Waals surface area contributed by atoms with Gasteiger partial charge in [-0.05, 0) is 12.8 Å². The lowest BCUT2D eigenvalue weighted by atomic mass is 10.1. The van der Waals surface area contributed by atoms with Gasteiger partial charge in [-0.15, -0.1) is 12.4 Å². The first kappa shape index (κ1) is 9.30. The fourth-order valence-corrected chi connectivity index (χ4v) is 0.797. The second kappa shape index (κ2) is 2.50. The minimum absolute atomic E-state index is 0. The molecule has 0 aliphatic heterocycles. The molecule has 4 heteroatoms. The van der Waals surface area contributed by atoms with Gasteiger partial charge < -0.3 is 10.8 Å². The van der Waals surface area contributed by atoms with Crippen molar-refractivity contribution in [3.05, 3.63) is 12.3 Å². The van der Waals surface area contributed by atoms with E-state index in [0.717, 1.165) is 0 Å². The predicted molar refractivity (Wildman–Crippen MR) is 39.9 cm³/mol. The summed E-state index contributed by atoms with van der Waals surface area (Å²) in [6, 6.07) is 0. The molecule has 1 rings (SSSR count). The van der Waals surface area contributed by atoms with Crippen molar-refractivity contribution in [1.29, 1.82) is 0 Å². The maximum atomic E-state index is 10.4. The van der Waals surface area contributed by atoms with Gasteiger partial charge in [-0.1, -0.05) is 6.58 Å². The van der Waals surface area contributed by atoms with Crippen molar-refractivity contribution in [3.8, 4) is 0 Å². The highest BCUT2D eigenvalue weighted by Crippen LogP contribution is 2.49. The summed E-state index contributed by atoms with van der Waals surface area (Å²) >= 11 is 0. The molecule has 0 aromatic heterocycles. The molecule has 0 unspecified atom stereocenters. The van der Waals surface area contributed by atoms with Crippen molar-refractivity contribution in [2.75, 3.05) is 0 Å². The predicted octanol–water partition coefficient (Wildman–Crippen LogP) is 0.745. The Morgan fingerprint density at radius 3 is 2.00 bits per heavy atom. The first-order valence-corrected chi connectivity index (χ1v) is 2.78. The van der Waals surface area contributed by atoms with Crippen molar-refractivity contribution in [3.63, 3.8) is 0 Å². The SMILES string of the molecule is C=C(N)C1(C(=O)O)CC1.Cl. The standard InChI is InChI=1S/C6H9NO2.ClH/c1-4(7)6(2-3-6)5(8)9;/h1-3,7H2,(H,8,9);1H. The van der Waals surface area contributed by atoms with Gasteiger partial charge in [0.15, 0.2) is 0 Å². The summed E-state index contributed by atoms with van der Waals surface area (Å²) in [6.45, 7) is 3.41. The zero-order chi connectivity index (χ0) is 7.07. The van der Waals surface area contributed by atoms with Crippen molar-refractivity contribution >= 4 is 18.4 Å². The molecule has 1 aliphatic carbocycles. The number of hydrogen-bond acceptors (Lipinski definition) is 2. The molecule has 0 heterocycles. The minimum atomic E-state index is -0.838. The third kappa shape index (κ3) is 1.09. The number of carboxylic acids is 1. The maximum absolute atomic E-state index is 10.4. The average molecular weight is 164 g/mol. The summed E-state index contributed by atoms with van der Waals surface area (Å²) in [5.41, 5.74) is 4.80. The number of hydrogen-bond donors (Lipinski definition) is 2. The second-order valence-electron chi connectivity index (χ2n) is 2.41. The Morgan fingerprint density at radius 1 is 1.60 bits per heavy atom. The van der Waals surface area contributed by atoms with E-state index < -0.39 is 11.4 Å². The first-order chi connectivity index (χ1) is 4.09. The van der Waals surface area contributed by atoms with Crippen LogP contribution in [0.3, 0.4) is 0 Å². The molecule has 1 fully saturated rings. The van der Waals surface area contributed by atoms with Crippen LogP contribution in [0.25, 0.3) is 0 Å². The number of nitrogens with two attached hydrogens (primary N) is 1. The van der Waals surface area contributed by atoms with E-state index in [-0.39, 0.29) is 18.1 Å². The lowest BCUT2D eigenvalue weighted by Gasteiger charge is -2.06. The summed E-state index contributed by atoms with van der Waals surface area (Å²) in [5, 5.41) is 8.53. The molecule has 0 atom stereocenters. The van der Waals surface area contributed by atoms with Crippen LogP contribution < -0.4 is 5.73 Å². The molecule has 1 saturated carbocycles. The Morgan fingerprint density at radius 2 is 2.00 bits per heavy atom. The van der Waals surface area contributed by atoms with Gasteiger partial charge in [-0.3, -0.25) is 4.79 Å². The third-order valence-electron chi connectivity index (χ3n) is 1.77. The van der Waals surface area contributed by atoms with Gasteiger partial charge in [-0.25, -0.2) is 0 Å². The lowest BCUT2D eigenvalue weighted by Crippen LogP contribution is -2.21. The van der Waals surface area contributed by atoms with Crippen LogP contribution in [0.5, 0.6) is 0 Å². The van der Waals surface area contributed by atoms with Crippen LogP contribution in [-0.4, -0.2) is 11.1 Å². The van der Waals surface area contributed by atoms with Gasteiger partial charge in [0.2, 0.25) is 0 Å². The largest absolute Gasteiger partial charge is 0.481 e. The Kier molecular flexibility index (Phi) is 2.33. The Labute approximate surface area is 65.3 Å². The van der Waals surface area contributed by atoms with E-state index in [1.54, 1.807) is 0 Å². The van der Waals surface area contributed by atoms with Crippen LogP contribution >= 0.6 is 12.4 Å². The van der Waals surface area contributed by atoms with Crippen LogP contribution in [0.1, 0.15) is 12.8 Å². The molecule has 0 spiro atoms. The molecule has 10 heavy (non-hydrogen) atoms. The Hall–Kier alpha value is -0.700. The average Bonchev–Trinajstić information content (AvgIpc) is 2.40. The molecule has 3 nitrogen and oxygen atoms in total. The number of aliphatic carboxylic acids is 1. The van der Waals surface area contributed by atoms with Gasteiger partial charge in [0.1, 0.15) is 5.41 Å². The zero-order valence-electron chi connectivity index (χ0n) is 5.46. The molecule has 0 aromatic carbocycles. The number of carbonyl (C=O) groups is 1. The van der Waals surface area contributed by atoms with Crippen LogP contribution in [0.4, 0.5) is 0 Å². The van der Waals surface area contributed by atoms with Crippen LogP contribution in [-0.2, 0) is 4.79 Å². The summed E-state index contributed by atoms with van der Waals surface area (Å²) in [6.07, 6.45) is 1.30. The molecule has 0 radical (unpaired) electrons. The summed E-state index contributed by atoms with van der Waals surface area (Å²) < 4.78 is 0. The highest BCUT2D eigenvalue weighted by Gasteiger charge is 2.51. The maximum Gasteiger partial charge on any atom is 0.315 e. The van der Waals surface area contributed by atoms with Gasteiger partial charge in [0, 0.05) is 5.70 Å². The van der Waals surface area contributed by atoms with Gasteiger partial charge in [0.05, 0.1) is 0 Å². The summed E-state index contributed by atoms with van der Waals surface area (Å²) in [5.74, 6) is -0.838. The van der Waals surface area contributed by atoms with E-state index in [1.807, 2.05) is 0 Å².